The molecular formula is C16H17NO2. The molecule has 1 aromatic heterocycles. The quantitative estimate of drug-likeness (QED) is 0.917. The highest BCUT2D eigenvalue weighted by Gasteiger charge is 2.20. The third-order valence-corrected chi connectivity index (χ3v) is 3.50. The van der Waals surface area contributed by atoms with Crippen LogP contribution in [-0.4, -0.2) is 10.1 Å². The zero-order valence-corrected chi connectivity index (χ0v) is 11.0. The van der Waals surface area contributed by atoms with E-state index in [1.807, 2.05) is 37.5 Å². The molecular weight excluding hydrogens is 238 g/mol. The van der Waals surface area contributed by atoms with E-state index in [1.54, 1.807) is 0 Å². The summed E-state index contributed by atoms with van der Waals surface area (Å²) in [5.74, 6) is 0.856. The fourth-order valence-electron chi connectivity index (χ4n) is 2.52. The minimum absolute atomic E-state index is 0.301. The van der Waals surface area contributed by atoms with E-state index < -0.39 is 0 Å². The van der Waals surface area contributed by atoms with Crippen molar-refractivity contribution < 1.29 is 9.84 Å². The highest BCUT2D eigenvalue weighted by atomic mass is 16.5. The van der Waals surface area contributed by atoms with Gasteiger partial charge in [-0.25, -0.2) is 0 Å². The number of ether oxygens (including phenoxy) is 1. The van der Waals surface area contributed by atoms with Crippen LogP contribution in [0.5, 0.6) is 5.75 Å². The number of hydrogen-bond acceptors (Lipinski definition) is 3. The van der Waals surface area contributed by atoms with Crippen molar-refractivity contribution >= 4 is 0 Å². The molecule has 0 aliphatic heterocycles. The first-order valence-corrected chi connectivity index (χ1v) is 6.56. The van der Waals surface area contributed by atoms with E-state index in [0.29, 0.717) is 6.61 Å². The lowest BCUT2D eigenvalue weighted by atomic mass is 10.1. The zero-order chi connectivity index (χ0) is 13.2. The Hall–Kier alpha value is -1.87. The minimum atomic E-state index is -0.301. The summed E-state index contributed by atoms with van der Waals surface area (Å²) in [6.07, 6.45) is 5.11. The molecule has 1 aliphatic rings. The Morgan fingerprint density at radius 1 is 1.32 bits per heavy atom. The first kappa shape index (κ1) is 12.2. The molecule has 0 fully saturated rings. The van der Waals surface area contributed by atoms with Crippen LogP contribution in [0.15, 0.2) is 36.7 Å². The molecule has 1 atom stereocenters. The van der Waals surface area contributed by atoms with Crippen molar-refractivity contribution in [1.82, 2.24) is 4.98 Å². The molecule has 0 spiro atoms. The third kappa shape index (κ3) is 2.61. The Balaban J connectivity index is 1.71. The van der Waals surface area contributed by atoms with E-state index in [9.17, 15) is 5.11 Å². The van der Waals surface area contributed by atoms with E-state index >= 15 is 0 Å². The van der Waals surface area contributed by atoms with Gasteiger partial charge in [-0.05, 0) is 54.7 Å². The van der Waals surface area contributed by atoms with E-state index in [0.717, 1.165) is 35.3 Å². The number of nitrogens with zero attached hydrogens (tertiary/aromatic N) is 1. The van der Waals surface area contributed by atoms with E-state index in [2.05, 4.69) is 11.1 Å². The van der Waals surface area contributed by atoms with Gasteiger partial charge in [0.25, 0.3) is 0 Å². The second kappa shape index (κ2) is 5.02. The maximum atomic E-state index is 9.76. The maximum Gasteiger partial charge on any atom is 0.120 e. The molecule has 1 aromatic carbocycles. The smallest absolute Gasteiger partial charge is 0.120 e. The molecule has 0 radical (unpaired) electrons. The predicted octanol–water partition coefficient (Wildman–Crippen LogP) is 2.95. The van der Waals surface area contributed by atoms with E-state index in [4.69, 9.17) is 4.74 Å². The summed E-state index contributed by atoms with van der Waals surface area (Å²) in [4.78, 5) is 4.15. The second-order valence-electron chi connectivity index (χ2n) is 5.07. The summed E-state index contributed by atoms with van der Waals surface area (Å²) >= 11 is 0. The van der Waals surface area contributed by atoms with Gasteiger partial charge in [-0.2, -0.15) is 0 Å². The summed E-state index contributed by atoms with van der Waals surface area (Å²) in [7, 11) is 0. The number of aliphatic hydroxyl groups excluding tert-OH is 1. The van der Waals surface area contributed by atoms with Crippen molar-refractivity contribution in [2.75, 3.05) is 0 Å². The molecule has 0 bridgehead atoms. The van der Waals surface area contributed by atoms with Crippen molar-refractivity contribution in [3.8, 4) is 5.75 Å². The summed E-state index contributed by atoms with van der Waals surface area (Å²) in [6, 6.07) is 8.01. The number of pyridine rings is 1. The first-order valence-electron chi connectivity index (χ1n) is 6.56. The number of rotatable bonds is 3. The molecule has 0 saturated heterocycles. The molecule has 1 heterocycles. The van der Waals surface area contributed by atoms with Gasteiger partial charge in [0.1, 0.15) is 12.4 Å². The average molecular weight is 255 g/mol. The van der Waals surface area contributed by atoms with Crippen LogP contribution in [0.25, 0.3) is 0 Å². The molecule has 0 amide bonds. The summed E-state index contributed by atoms with van der Waals surface area (Å²) in [5.41, 5.74) is 4.45. The fraction of sp³-hybridized carbons (Fsp3) is 0.312. The van der Waals surface area contributed by atoms with Gasteiger partial charge in [-0.3, -0.25) is 4.98 Å². The molecule has 0 saturated carbocycles. The van der Waals surface area contributed by atoms with Gasteiger partial charge in [0.15, 0.2) is 0 Å². The molecule has 1 aliphatic carbocycles. The number of benzene rings is 1. The van der Waals surface area contributed by atoms with Crippen LogP contribution in [0.1, 0.15) is 34.8 Å². The van der Waals surface area contributed by atoms with Gasteiger partial charge in [0.2, 0.25) is 0 Å². The second-order valence-corrected chi connectivity index (χ2v) is 5.07. The van der Waals surface area contributed by atoms with Gasteiger partial charge in [0.05, 0.1) is 6.10 Å². The number of fused-ring (bicyclic) bond motifs is 1. The third-order valence-electron chi connectivity index (χ3n) is 3.50. The minimum Gasteiger partial charge on any atom is -0.489 e. The normalized spacial score (nSPS) is 17.3. The Morgan fingerprint density at radius 2 is 2.21 bits per heavy atom. The van der Waals surface area contributed by atoms with Gasteiger partial charge in [0, 0.05) is 18.0 Å². The molecule has 2 aromatic rings. The van der Waals surface area contributed by atoms with Crippen molar-refractivity contribution in [1.29, 1.82) is 0 Å². The number of hydrogen-bond donors (Lipinski definition) is 1. The maximum absolute atomic E-state index is 9.76. The van der Waals surface area contributed by atoms with Crippen LogP contribution in [0, 0.1) is 6.92 Å². The first-order chi connectivity index (χ1) is 9.22. The largest absolute Gasteiger partial charge is 0.489 e. The highest BCUT2D eigenvalue weighted by molar-refractivity contribution is 5.39. The fourth-order valence-corrected chi connectivity index (χ4v) is 2.52. The van der Waals surface area contributed by atoms with Crippen LogP contribution < -0.4 is 4.74 Å². The lowest BCUT2D eigenvalue weighted by Gasteiger charge is -2.09. The molecule has 3 heteroatoms. The number of aliphatic hydroxyl groups is 1. The number of aryl methyl sites for hydroxylation is 2. The summed E-state index contributed by atoms with van der Waals surface area (Å²) in [6.45, 7) is 2.54. The van der Waals surface area contributed by atoms with Gasteiger partial charge in [-0.15, -0.1) is 0 Å². The molecule has 98 valence electrons. The molecule has 0 unspecified atom stereocenters. The van der Waals surface area contributed by atoms with Crippen molar-refractivity contribution in [2.45, 2.75) is 32.5 Å². The van der Waals surface area contributed by atoms with Crippen LogP contribution in [0.2, 0.25) is 0 Å². The van der Waals surface area contributed by atoms with Crippen LogP contribution >= 0.6 is 0 Å². The summed E-state index contributed by atoms with van der Waals surface area (Å²) < 4.78 is 5.79. The lowest BCUT2D eigenvalue weighted by Crippen LogP contribution is -1.97. The number of aromatic nitrogens is 1. The van der Waals surface area contributed by atoms with Crippen LogP contribution in [-0.2, 0) is 13.0 Å². The molecule has 3 rings (SSSR count). The van der Waals surface area contributed by atoms with Crippen molar-refractivity contribution in [2.24, 2.45) is 0 Å². The summed E-state index contributed by atoms with van der Waals surface area (Å²) in [5, 5.41) is 9.76. The molecule has 19 heavy (non-hydrogen) atoms. The van der Waals surface area contributed by atoms with Crippen molar-refractivity contribution in [3.63, 3.8) is 0 Å². The molecule has 3 nitrogen and oxygen atoms in total. The zero-order valence-electron chi connectivity index (χ0n) is 11.0. The van der Waals surface area contributed by atoms with Gasteiger partial charge >= 0.3 is 0 Å². The monoisotopic (exact) mass is 255 g/mol. The van der Waals surface area contributed by atoms with Crippen molar-refractivity contribution in [3.05, 3.63) is 58.9 Å². The molecule has 1 N–H and O–H groups in total. The Bertz CT molecular complexity index is 595. The van der Waals surface area contributed by atoms with E-state index in [-0.39, 0.29) is 6.10 Å². The van der Waals surface area contributed by atoms with Crippen LogP contribution in [0.3, 0.4) is 0 Å². The highest BCUT2D eigenvalue weighted by Crippen LogP contribution is 2.33. The SMILES string of the molecule is Cc1cncc(COc2ccc3c(c2)CC[C@@H]3O)c1. The standard InChI is InChI=1S/C16H17NO2/c1-11-6-12(9-17-8-11)10-19-14-3-4-15-13(7-14)2-5-16(15)18/h3-4,6-9,16,18H,2,5,10H2,1H3/t16-/m0/s1. The van der Waals surface area contributed by atoms with Gasteiger partial charge < -0.3 is 9.84 Å². The average Bonchev–Trinajstić information content (AvgIpc) is 2.78. The topological polar surface area (TPSA) is 42.4 Å². The van der Waals surface area contributed by atoms with Crippen LogP contribution in [0.4, 0.5) is 0 Å². The van der Waals surface area contributed by atoms with E-state index in [1.165, 1.54) is 5.56 Å². The predicted molar refractivity (Wildman–Crippen MR) is 73.0 cm³/mol. The Kier molecular flexibility index (Phi) is 3.22. The Labute approximate surface area is 112 Å². The van der Waals surface area contributed by atoms with Gasteiger partial charge in [-0.1, -0.05) is 6.07 Å². The lowest BCUT2D eigenvalue weighted by molar-refractivity contribution is 0.180. The Morgan fingerprint density at radius 3 is 3.05 bits per heavy atom.